The van der Waals surface area contributed by atoms with Gasteiger partial charge in [-0.3, -0.25) is 0 Å². The molecular formula is C20H24O8Sn. The fourth-order valence-corrected chi connectivity index (χ4v) is 8.97. The summed E-state index contributed by atoms with van der Waals surface area (Å²) in [6.45, 7) is 0. The molecular weight excluding hydrogens is 487 g/mol. The van der Waals surface area contributed by atoms with Crippen LogP contribution in [0.3, 0.4) is 0 Å². The third kappa shape index (κ3) is 4.51. The van der Waals surface area contributed by atoms with E-state index in [1.54, 1.807) is 0 Å². The molecule has 2 aliphatic heterocycles. The predicted molar refractivity (Wildman–Crippen MR) is 99.4 cm³/mol. The zero-order valence-electron chi connectivity index (χ0n) is 16.1. The zero-order chi connectivity index (χ0) is 20.4. The average Bonchev–Trinajstić information content (AvgIpc) is 2.90. The van der Waals surface area contributed by atoms with Crippen LogP contribution < -0.4 is 0 Å². The van der Waals surface area contributed by atoms with E-state index < -0.39 is 43.9 Å². The minimum absolute atomic E-state index is 0.113. The first-order valence-corrected chi connectivity index (χ1v) is 15.0. The average molecular weight is 511 g/mol. The number of rotatable bonds is 2. The van der Waals surface area contributed by atoms with Gasteiger partial charge in [-0.05, 0) is 0 Å². The summed E-state index contributed by atoms with van der Waals surface area (Å²) in [5.41, 5.74) is 0.417. The molecule has 2 aliphatic carbocycles. The fraction of sp³-hybridized carbons (Fsp3) is 0.600. The van der Waals surface area contributed by atoms with E-state index in [9.17, 15) is 19.2 Å². The van der Waals surface area contributed by atoms with Gasteiger partial charge >= 0.3 is 175 Å². The van der Waals surface area contributed by atoms with Crippen LogP contribution in [0.1, 0.15) is 64.2 Å². The molecule has 4 rings (SSSR count). The summed E-state index contributed by atoms with van der Waals surface area (Å²) >= 11 is -5.56. The maximum absolute atomic E-state index is 12.8. The molecule has 1 spiro atoms. The fourth-order valence-electron chi connectivity index (χ4n) is 4.54. The SMILES string of the molecule is O=C1C=C(C2CCCCC2)C(=O)[O][Sn]2([O]1)[O]C(=O)C=C(C1CCCCC1)C(=O)[O]2. The molecule has 0 radical (unpaired) electrons. The van der Waals surface area contributed by atoms with Crippen molar-refractivity contribution in [2.75, 3.05) is 0 Å². The standard InChI is InChI=1S/2C10H14O4.Sn/c2*11-9(12)6-8(10(13)14)7-4-2-1-3-5-7;/h2*6-7H,1-5H2,(H,11,12)(H,13,14);/q;;+4/p-4. The van der Waals surface area contributed by atoms with Crippen LogP contribution in [0.15, 0.2) is 23.3 Å². The van der Waals surface area contributed by atoms with Gasteiger partial charge in [-0.1, -0.05) is 0 Å². The number of carbonyl (C=O) groups is 4. The third-order valence-electron chi connectivity index (χ3n) is 5.99. The zero-order valence-corrected chi connectivity index (χ0v) is 19.0. The summed E-state index contributed by atoms with van der Waals surface area (Å²) in [5, 5.41) is 0. The predicted octanol–water partition coefficient (Wildman–Crippen LogP) is 2.64. The summed E-state index contributed by atoms with van der Waals surface area (Å²) in [5.74, 6) is -3.54. The van der Waals surface area contributed by atoms with Gasteiger partial charge in [0.25, 0.3) is 0 Å². The molecule has 8 nitrogen and oxygen atoms in total. The molecule has 0 aromatic carbocycles. The van der Waals surface area contributed by atoms with Gasteiger partial charge in [0.2, 0.25) is 0 Å². The van der Waals surface area contributed by atoms with Crippen molar-refractivity contribution in [2.45, 2.75) is 64.2 Å². The number of carbonyl (C=O) groups excluding carboxylic acids is 4. The molecule has 0 aromatic rings. The van der Waals surface area contributed by atoms with Crippen LogP contribution in [0.25, 0.3) is 0 Å². The van der Waals surface area contributed by atoms with Gasteiger partial charge in [0, 0.05) is 0 Å². The van der Waals surface area contributed by atoms with Crippen molar-refractivity contribution in [3.63, 3.8) is 0 Å². The van der Waals surface area contributed by atoms with Gasteiger partial charge in [0.15, 0.2) is 0 Å². The maximum atomic E-state index is 12.8. The molecule has 2 fully saturated rings. The Bertz CT molecular complexity index is 720. The summed E-state index contributed by atoms with van der Waals surface area (Å²) in [7, 11) is 0. The van der Waals surface area contributed by atoms with Crippen LogP contribution in [0.5, 0.6) is 0 Å². The monoisotopic (exact) mass is 512 g/mol. The number of hydrogen-bond acceptors (Lipinski definition) is 8. The first kappa shape index (κ1) is 20.4. The molecule has 0 N–H and O–H groups in total. The van der Waals surface area contributed by atoms with E-state index in [4.69, 9.17) is 12.3 Å². The van der Waals surface area contributed by atoms with Crippen LogP contribution >= 0.6 is 0 Å². The van der Waals surface area contributed by atoms with E-state index >= 15 is 0 Å². The molecule has 4 aliphatic rings. The first-order chi connectivity index (χ1) is 14.0. The van der Waals surface area contributed by atoms with Crippen molar-refractivity contribution in [1.29, 1.82) is 0 Å². The van der Waals surface area contributed by atoms with Gasteiger partial charge in [0.05, 0.1) is 0 Å². The normalized spacial score (nSPS) is 26.3. The van der Waals surface area contributed by atoms with E-state index in [0.29, 0.717) is 0 Å². The molecule has 0 aromatic heterocycles. The summed E-state index contributed by atoms with van der Waals surface area (Å²) in [6, 6.07) is 0. The molecule has 156 valence electrons. The molecule has 0 bridgehead atoms. The van der Waals surface area contributed by atoms with E-state index in [-0.39, 0.29) is 23.0 Å². The quantitative estimate of drug-likeness (QED) is 0.522. The molecule has 2 heterocycles. The molecule has 0 atom stereocenters. The second kappa shape index (κ2) is 8.49. The van der Waals surface area contributed by atoms with Crippen molar-refractivity contribution in [3.8, 4) is 0 Å². The van der Waals surface area contributed by atoms with Crippen LogP contribution in [0.4, 0.5) is 0 Å². The first-order valence-electron chi connectivity index (χ1n) is 10.3. The Morgan fingerprint density at radius 3 is 1.34 bits per heavy atom. The Hall–Kier alpha value is -1.84. The Morgan fingerprint density at radius 1 is 0.586 bits per heavy atom. The van der Waals surface area contributed by atoms with Crippen LogP contribution in [0.2, 0.25) is 0 Å². The van der Waals surface area contributed by atoms with Crippen LogP contribution in [0, 0.1) is 11.8 Å². The molecule has 0 unspecified atom stereocenters. The van der Waals surface area contributed by atoms with Crippen molar-refractivity contribution >= 4 is 43.9 Å². The van der Waals surface area contributed by atoms with E-state index in [1.807, 2.05) is 0 Å². The van der Waals surface area contributed by atoms with Gasteiger partial charge < -0.3 is 0 Å². The van der Waals surface area contributed by atoms with Crippen LogP contribution in [-0.4, -0.2) is 43.9 Å². The molecule has 0 saturated heterocycles. The summed E-state index contributed by atoms with van der Waals surface area (Å²) in [4.78, 5) is 50.3. The molecule has 0 amide bonds. The van der Waals surface area contributed by atoms with Crippen molar-refractivity contribution in [3.05, 3.63) is 23.3 Å². The third-order valence-corrected chi connectivity index (χ3v) is 11.1. The van der Waals surface area contributed by atoms with Crippen molar-refractivity contribution < 1.29 is 31.5 Å². The van der Waals surface area contributed by atoms with Crippen molar-refractivity contribution in [2.24, 2.45) is 11.8 Å². The van der Waals surface area contributed by atoms with E-state index in [0.717, 1.165) is 76.4 Å². The summed E-state index contributed by atoms with van der Waals surface area (Å²) in [6.07, 6.45) is 11.3. The Kier molecular flexibility index (Phi) is 5.98. The topological polar surface area (TPSA) is 105 Å². The van der Waals surface area contributed by atoms with Crippen LogP contribution in [-0.2, 0) is 31.5 Å². The van der Waals surface area contributed by atoms with Gasteiger partial charge in [-0.2, -0.15) is 0 Å². The second-order valence-electron chi connectivity index (χ2n) is 7.99. The van der Waals surface area contributed by atoms with Gasteiger partial charge in [-0.25, -0.2) is 0 Å². The molecule has 2 saturated carbocycles. The molecule has 29 heavy (non-hydrogen) atoms. The van der Waals surface area contributed by atoms with Gasteiger partial charge in [-0.15, -0.1) is 0 Å². The Balaban J connectivity index is 1.56. The van der Waals surface area contributed by atoms with Gasteiger partial charge in [0.1, 0.15) is 0 Å². The Labute approximate surface area is 174 Å². The minimum atomic E-state index is -5.56. The number of hydrogen-bond donors (Lipinski definition) is 0. The van der Waals surface area contributed by atoms with E-state index in [1.165, 1.54) is 0 Å². The molecule has 9 heteroatoms. The summed E-state index contributed by atoms with van der Waals surface area (Å²) < 4.78 is 21.2. The second-order valence-corrected chi connectivity index (χ2v) is 13.2. The Morgan fingerprint density at radius 2 is 0.966 bits per heavy atom. The van der Waals surface area contributed by atoms with E-state index in [2.05, 4.69) is 0 Å². The van der Waals surface area contributed by atoms with Crippen molar-refractivity contribution in [1.82, 2.24) is 0 Å².